The Morgan fingerprint density at radius 3 is 2.13 bits per heavy atom. The van der Waals surface area contributed by atoms with Crippen LogP contribution in [-0.2, 0) is 6.42 Å². The second-order valence-electron chi connectivity index (χ2n) is 14.1. The molecule has 270 valence electrons. The highest BCUT2D eigenvalue weighted by atomic mass is 15.1. The predicted octanol–water partition coefficient (Wildman–Crippen LogP) is 15.2. The van der Waals surface area contributed by atoms with Crippen molar-refractivity contribution in [3.05, 3.63) is 240 Å². The topological polar surface area (TPSA) is 3.24 Å². The number of nitrogens with zero attached hydrogens (tertiary/aromatic N) is 1. The molecule has 0 fully saturated rings. The molecule has 0 saturated carbocycles. The van der Waals surface area contributed by atoms with E-state index >= 15 is 0 Å². The normalized spacial score (nSPS) is 17.2. The number of hydrogen-bond acceptors (Lipinski definition) is 1. The minimum absolute atomic E-state index is 0.818. The zero-order valence-electron chi connectivity index (χ0n) is 32.0. The van der Waals surface area contributed by atoms with E-state index in [1.54, 1.807) is 0 Å². The molecular weight excluding hydrogens is 663 g/mol. The maximum atomic E-state index is 4.23. The first-order chi connectivity index (χ1) is 27.1. The van der Waals surface area contributed by atoms with Crippen LogP contribution in [0.15, 0.2) is 218 Å². The van der Waals surface area contributed by atoms with Gasteiger partial charge in [0.25, 0.3) is 0 Å². The Bertz CT molecular complexity index is 2350. The molecule has 0 spiro atoms. The summed E-state index contributed by atoms with van der Waals surface area (Å²) in [5, 5.41) is 0. The van der Waals surface area contributed by atoms with Crippen LogP contribution in [-0.4, -0.2) is 0 Å². The molecule has 2 aliphatic rings. The molecule has 0 amide bonds. The molecule has 0 N–H and O–H groups in total. The molecule has 2 aliphatic carbocycles. The lowest BCUT2D eigenvalue weighted by Gasteiger charge is -2.29. The predicted molar refractivity (Wildman–Crippen MR) is 240 cm³/mol. The summed E-state index contributed by atoms with van der Waals surface area (Å²) in [5.74, 6) is 0. The second kappa shape index (κ2) is 18.1. The molecule has 5 aromatic rings. The summed E-state index contributed by atoms with van der Waals surface area (Å²) in [6, 6.07) is 46.5. The van der Waals surface area contributed by atoms with Gasteiger partial charge in [0.05, 0.1) is 5.69 Å². The van der Waals surface area contributed by atoms with Gasteiger partial charge in [0.2, 0.25) is 0 Å². The molecule has 0 saturated heterocycles. The van der Waals surface area contributed by atoms with Crippen molar-refractivity contribution in [2.75, 3.05) is 4.90 Å². The fourth-order valence-electron chi connectivity index (χ4n) is 7.23. The summed E-state index contributed by atoms with van der Waals surface area (Å²) in [7, 11) is 0. The van der Waals surface area contributed by atoms with Gasteiger partial charge in [-0.05, 0) is 138 Å². The van der Waals surface area contributed by atoms with E-state index in [0.29, 0.717) is 0 Å². The fraction of sp³-hybridized carbons (Fsp3) is 0.111. The molecule has 7 rings (SSSR count). The van der Waals surface area contributed by atoms with Crippen molar-refractivity contribution in [2.24, 2.45) is 0 Å². The highest BCUT2D eigenvalue weighted by Crippen LogP contribution is 2.42. The molecule has 0 heterocycles. The van der Waals surface area contributed by atoms with Gasteiger partial charge in [0.1, 0.15) is 0 Å². The van der Waals surface area contributed by atoms with Crippen LogP contribution in [0.2, 0.25) is 0 Å². The summed E-state index contributed by atoms with van der Waals surface area (Å²) in [5.41, 5.74) is 16.8. The molecule has 0 atom stereocenters. The fourth-order valence-corrected chi connectivity index (χ4v) is 7.23. The summed E-state index contributed by atoms with van der Waals surface area (Å²) in [6.07, 6.45) is 30.2. The highest BCUT2D eigenvalue weighted by Gasteiger charge is 2.19. The van der Waals surface area contributed by atoms with Gasteiger partial charge in [-0.2, -0.15) is 0 Å². The van der Waals surface area contributed by atoms with Crippen molar-refractivity contribution in [3.8, 4) is 11.1 Å². The zero-order valence-corrected chi connectivity index (χ0v) is 32.0. The Labute approximate surface area is 328 Å². The van der Waals surface area contributed by atoms with E-state index in [4.69, 9.17) is 0 Å². The molecule has 55 heavy (non-hydrogen) atoms. The van der Waals surface area contributed by atoms with Crippen LogP contribution in [0.5, 0.6) is 0 Å². The Morgan fingerprint density at radius 1 is 0.709 bits per heavy atom. The number of anilines is 3. The Balaban J connectivity index is 1.34. The van der Waals surface area contributed by atoms with E-state index in [1.165, 1.54) is 55.7 Å². The summed E-state index contributed by atoms with van der Waals surface area (Å²) >= 11 is 0. The van der Waals surface area contributed by atoms with Gasteiger partial charge in [0, 0.05) is 16.9 Å². The largest absolute Gasteiger partial charge is 0.310 e. The lowest BCUT2D eigenvalue weighted by molar-refractivity contribution is 1.05. The van der Waals surface area contributed by atoms with E-state index in [1.807, 2.05) is 0 Å². The zero-order chi connectivity index (χ0) is 37.8. The summed E-state index contributed by atoms with van der Waals surface area (Å²) in [6.45, 7) is 8.52. The van der Waals surface area contributed by atoms with Crippen molar-refractivity contribution >= 4 is 34.3 Å². The molecule has 5 aromatic carbocycles. The van der Waals surface area contributed by atoms with E-state index in [2.05, 4.69) is 226 Å². The summed E-state index contributed by atoms with van der Waals surface area (Å²) < 4.78 is 0. The maximum Gasteiger partial charge on any atom is 0.0540 e. The molecule has 0 radical (unpaired) electrons. The van der Waals surface area contributed by atoms with E-state index in [9.17, 15) is 0 Å². The monoisotopic (exact) mass is 711 g/mol. The molecule has 1 nitrogen and oxygen atoms in total. The van der Waals surface area contributed by atoms with Crippen LogP contribution < -0.4 is 4.90 Å². The number of hydrogen-bond donors (Lipinski definition) is 0. The first-order valence-electron chi connectivity index (χ1n) is 19.4. The Kier molecular flexibility index (Phi) is 12.1. The van der Waals surface area contributed by atoms with Gasteiger partial charge in [-0.3, -0.25) is 0 Å². The quantitative estimate of drug-likeness (QED) is 0.103. The number of allylic oxidation sites excluding steroid dienone is 16. The van der Waals surface area contributed by atoms with Crippen molar-refractivity contribution in [1.29, 1.82) is 0 Å². The van der Waals surface area contributed by atoms with Crippen LogP contribution in [0.1, 0.15) is 55.4 Å². The van der Waals surface area contributed by atoms with Crippen LogP contribution in [0.4, 0.5) is 17.1 Å². The van der Waals surface area contributed by atoms with Crippen molar-refractivity contribution in [3.63, 3.8) is 0 Å². The maximum absolute atomic E-state index is 4.23. The molecule has 0 bridgehead atoms. The number of benzene rings is 5. The van der Waals surface area contributed by atoms with Gasteiger partial charge in [0.15, 0.2) is 0 Å². The Morgan fingerprint density at radius 2 is 1.42 bits per heavy atom. The van der Waals surface area contributed by atoms with Gasteiger partial charge in [-0.15, -0.1) is 0 Å². The lowest BCUT2D eigenvalue weighted by atomic mass is 9.93. The third-order valence-electron chi connectivity index (χ3n) is 10.2. The van der Waals surface area contributed by atoms with Gasteiger partial charge in [-0.25, -0.2) is 0 Å². The SMILES string of the molecule is C=C1/C=C\CC=C/C(C)=C(Cc2ccc(N(c3ccc(C4=CC=CCC4)cc3)c3ccc(C(/C=C\C)=C/c4ccccc4)cc3)c(-c3ccccc3)c2)\C=C/1. The van der Waals surface area contributed by atoms with Crippen LogP contribution >= 0.6 is 0 Å². The molecule has 0 unspecified atom stereocenters. The second-order valence-corrected chi connectivity index (χ2v) is 14.1. The van der Waals surface area contributed by atoms with E-state index < -0.39 is 0 Å². The van der Waals surface area contributed by atoms with Gasteiger partial charge in [-0.1, -0.05) is 164 Å². The highest BCUT2D eigenvalue weighted by molar-refractivity contribution is 5.91. The molecule has 0 aromatic heterocycles. The average Bonchev–Trinajstić information content (AvgIpc) is 3.24. The number of rotatable bonds is 10. The first kappa shape index (κ1) is 36.9. The molecular formula is C54H49N. The van der Waals surface area contributed by atoms with Gasteiger partial charge >= 0.3 is 0 Å². The van der Waals surface area contributed by atoms with E-state index in [0.717, 1.165) is 48.3 Å². The summed E-state index contributed by atoms with van der Waals surface area (Å²) in [4.78, 5) is 2.41. The van der Waals surface area contributed by atoms with Crippen molar-refractivity contribution in [2.45, 2.75) is 39.5 Å². The average molecular weight is 712 g/mol. The van der Waals surface area contributed by atoms with Crippen LogP contribution in [0.25, 0.3) is 28.3 Å². The van der Waals surface area contributed by atoms with Crippen LogP contribution in [0, 0.1) is 0 Å². The van der Waals surface area contributed by atoms with Gasteiger partial charge < -0.3 is 4.90 Å². The minimum Gasteiger partial charge on any atom is -0.310 e. The first-order valence-corrected chi connectivity index (χ1v) is 19.4. The standard InChI is InChI=1S/C54H49N/c1-4-17-50(38-43-20-11-6-12-21-43)47-31-35-52(36-32-47)55(51-33-29-46(30-34-51)45-22-13-7-14-23-45)54-37-27-44(40-53(54)48-24-15-8-16-25-48)39-49-28-26-41(2)18-9-5-10-19-42(49)3/h4,6-13,15-22,24-38,40H,2,5,14,23,39H2,1,3H3/b17-4-,18-9-,19-10?,28-26-,49-42+,50-38+. The van der Waals surface area contributed by atoms with Crippen LogP contribution in [0.3, 0.4) is 0 Å². The third kappa shape index (κ3) is 9.39. The third-order valence-corrected chi connectivity index (χ3v) is 10.2. The minimum atomic E-state index is 0.818. The Hall–Kier alpha value is -6.44. The molecule has 1 heteroatoms. The van der Waals surface area contributed by atoms with Crippen molar-refractivity contribution < 1.29 is 0 Å². The van der Waals surface area contributed by atoms with Crippen molar-refractivity contribution in [1.82, 2.24) is 0 Å². The molecule has 0 aliphatic heterocycles. The van der Waals surface area contributed by atoms with E-state index in [-0.39, 0.29) is 0 Å². The lowest BCUT2D eigenvalue weighted by Crippen LogP contribution is -2.12. The smallest absolute Gasteiger partial charge is 0.0540 e.